The number of ether oxygens (including phenoxy) is 1. The SMILES string of the molecule is CCOc1ccc(CN2C[C@@H](Cc3cc(C)[nH]n3)[C@H](O)C2)cc1CO. The largest absolute Gasteiger partial charge is 0.494 e. The number of aromatic amines is 1. The van der Waals surface area contributed by atoms with Crippen molar-refractivity contribution in [2.24, 2.45) is 5.92 Å². The van der Waals surface area contributed by atoms with E-state index in [0.717, 1.165) is 47.8 Å². The molecular formula is C19H27N3O3. The van der Waals surface area contributed by atoms with Crippen LogP contribution in [0.1, 0.15) is 29.4 Å². The number of nitrogens with one attached hydrogen (secondary N) is 1. The van der Waals surface area contributed by atoms with Crippen LogP contribution >= 0.6 is 0 Å². The molecule has 3 N–H and O–H groups in total. The van der Waals surface area contributed by atoms with E-state index in [0.29, 0.717) is 13.2 Å². The van der Waals surface area contributed by atoms with Gasteiger partial charge >= 0.3 is 0 Å². The average molecular weight is 345 g/mol. The number of rotatable bonds is 7. The summed E-state index contributed by atoms with van der Waals surface area (Å²) in [7, 11) is 0. The minimum absolute atomic E-state index is 0.0348. The topological polar surface area (TPSA) is 81.6 Å². The summed E-state index contributed by atoms with van der Waals surface area (Å²) in [5, 5.41) is 27.1. The molecule has 0 amide bonds. The average Bonchev–Trinajstić information content (AvgIpc) is 3.15. The van der Waals surface area contributed by atoms with Crippen LogP contribution in [0, 0.1) is 12.8 Å². The molecule has 25 heavy (non-hydrogen) atoms. The molecule has 1 saturated heterocycles. The summed E-state index contributed by atoms with van der Waals surface area (Å²) in [5.74, 6) is 0.935. The molecule has 1 aromatic heterocycles. The van der Waals surface area contributed by atoms with Gasteiger partial charge in [-0.05, 0) is 44.0 Å². The smallest absolute Gasteiger partial charge is 0.124 e. The Balaban J connectivity index is 1.62. The molecule has 0 bridgehead atoms. The first kappa shape index (κ1) is 17.9. The van der Waals surface area contributed by atoms with Crippen molar-refractivity contribution in [3.63, 3.8) is 0 Å². The van der Waals surface area contributed by atoms with Crippen molar-refractivity contribution < 1.29 is 14.9 Å². The van der Waals surface area contributed by atoms with E-state index in [-0.39, 0.29) is 18.6 Å². The molecule has 6 heteroatoms. The van der Waals surface area contributed by atoms with Crippen LogP contribution in [0.5, 0.6) is 5.75 Å². The number of likely N-dealkylation sites (tertiary alicyclic amines) is 1. The summed E-state index contributed by atoms with van der Waals surface area (Å²) in [6.45, 7) is 6.73. The van der Waals surface area contributed by atoms with Crippen molar-refractivity contribution in [3.05, 3.63) is 46.8 Å². The Morgan fingerprint density at radius 1 is 1.32 bits per heavy atom. The Morgan fingerprint density at radius 3 is 2.84 bits per heavy atom. The van der Waals surface area contributed by atoms with Gasteiger partial charge in [-0.2, -0.15) is 5.10 Å². The Morgan fingerprint density at radius 2 is 2.16 bits per heavy atom. The van der Waals surface area contributed by atoms with Crippen LogP contribution < -0.4 is 4.74 Å². The van der Waals surface area contributed by atoms with E-state index in [1.165, 1.54) is 0 Å². The van der Waals surface area contributed by atoms with Crippen LogP contribution in [-0.2, 0) is 19.6 Å². The Kier molecular flexibility index (Phi) is 5.73. The van der Waals surface area contributed by atoms with E-state index in [9.17, 15) is 10.2 Å². The first-order valence-corrected chi connectivity index (χ1v) is 8.85. The summed E-state index contributed by atoms with van der Waals surface area (Å²) in [6.07, 6.45) is 0.449. The number of aliphatic hydroxyl groups excluding tert-OH is 2. The molecule has 0 radical (unpaired) electrons. The van der Waals surface area contributed by atoms with Crippen molar-refractivity contribution in [1.29, 1.82) is 0 Å². The van der Waals surface area contributed by atoms with Gasteiger partial charge in [0, 0.05) is 36.8 Å². The normalized spacial score (nSPS) is 21.0. The molecule has 0 aliphatic carbocycles. The number of hydrogen-bond donors (Lipinski definition) is 3. The number of aliphatic hydroxyl groups is 2. The number of aromatic nitrogens is 2. The second-order valence-corrected chi connectivity index (χ2v) is 6.80. The van der Waals surface area contributed by atoms with E-state index in [4.69, 9.17) is 4.74 Å². The van der Waals surface area contributed by atoms with Crippen molar-refractivity contribution in [2.45, 2.75) is 39.5 Å². The molecule has 1 aromatic carbocycles. The molecule has 1 aliphatic heterocycles. The molecule has 136 valence electrons. The van der Waals surface area contributed by atoms with Gasteiger partial charge in [0.1, 0.15) is 5.75 Å². The third-order valence-corrected chi connectivity index (χ3v) is 4.71. The quantitative estimate of drug-likeness (QED) is 0.711. The lowest BCUT2D eigenvalue weighted by molar-refractivity contribution is 0.140. The van der Waals surface area contributed by atoms with Gasteiger partial charge in [0.2, 0.25) is 0 Å². The molecule has 3 rings (SSSR count). The van der Waals surface area contributed by atoms with Crippen LogP contribution in [-0.4, -0.2) is 51.1 Å². The zero-order valence-corrected chi connectivity index (χ0v) is 14.9. The third-order valence-electron chi connectivity index (χ3n) is 4.71. The van der Waals surface area contributed by atoms with Crippen LogP contribution in [0.15, 0.2) is 24.3 Å². The van der Waals surface area contributed by atoms with Gasteiger partial charge in [0.05, 0.1) is 25.0 Å². The van der Waals surface area contributed by atoms with Gasteiger partial charge in [0.15, 0.2) is 0 Å². The highest BCUT2D eigenvalue weighted by atomic mass is 16.5. The van der Waals surface area contributed by atoms with Gasteiger partial charge in [-0.1, -0.05) is 6.07 Å². The fourth-order valence-electron chi connectivity index (χ4n) is 3.53. The summed E-state index contributed by atoms with van der Waals surface area (Å²) < 4.78 is 5.53. The summed E-state index contributed by atoms with van der Waals surface area (Å²) >= 11 is 0. The van der Waals surface area contributed by atoms with Crippen molar-refractivity contribution in [1.82, 2.24) is 15.1 Å². The standard InChI is InChI=1S/C19H27N3O3/c1-3-25-19-5-4-14(7-16(19)12-23)9-22-10-15(18(24)11-22)8-17-6-13(2)20-21-17/h4-7,15,18,23-24H,3,8-12H2,1-2H3,(H,20,21)/t15-,18-/m1/s1. The van der Waals surface area contributed by atoms with Crippen molar-refractivity contribution in [3.8, 4) is 5.75 Å². The van der Waals surface area contributed by atoms with Crippen LogP contribution in [0.2, 0.25) is 0 Å². The number of benzene rings is 1. The minimum Gasteiger partial charge on any atom is -0.494 e. The number of aryl methyl sites for hydroxylation is 1. The molecule has 0 saturated carbocycles. The molecule has 2 aromatic rings. The molecule has 2 heterocycles. The maximum atomic E-state index is 10.4. The molecule has 0 spiro atoms. The van der Waals surface area contributed by atoms with Crippen LogP contribution in [0.4, 0.5) is 0 Å². The summed E-state index contributed by atoms with van der Waals surface area (Å²) in [6, 6.07) is 7.97. The number of hydrogen-bond acceptors (Lipinski definition) is 5. The maximum absolute atomic E-state index is 10.4. The highest BCUT2D eigenvalue weighted by molar-refractivity contribution is 5.37. The first-order chi connectivity index (χ1) is 12.1. The zero-order chi connectivity index (χ0) is 17.8. The van der Waals surface area contributed by atoms with Gasteiger partial charge in [0.25, 0.3) is 0 Å². The summed E-state index contributed by atoms with van der Waals surface area (Å²) in [5.41, 5.74) is 3.98. The Bertz CT molecular complexity index is 701. The highest BCUT2D eigenvalue weighted by Crippen LogP contribution is 2.25. The van der Waals surface area contributed by atoms with E-state index in [2.05, 4.69) is 15.1 Å². The lowest BCUT2D eigenvalue weighted by Crippen LogP contribution is -2.21. The van der Waals surface area contributed by atoms with Crippen molar-refractivity contribution in [2.75, 3.05) is 19.7 Å². The fraction of sp³-hybridized carbons (Fsp3) is 0.526. The van der Waals surface area contributed by atoms with E-state index in [1.807, 2.05) is 38.1 Å². The maximum Gasteiger partial charge on any atom is 0.124 e. The predicted molar refractivity (Wildman–Crippen MR) is 95.3 cm³/mol. The fourth-order valence-corrected chi connectivity index (χ4v) is 3.53. The molecule has 1 aliphatic rings. The van der Waals surface area contributed by atoms with Gasteiger partial charge < -0.3 is 14.9 Å². The Labute approximate surface area is 148 Å². The van der Waals surface area contributed by atoms with Gasteiger partial charge in [-0.3, -0.25) is 10.00 Å². The van der Waals surface area contributed by atoms with Crippen LogP contribution in [0.25, 0.3) is 0 Å². The Hall–Kier alpha value is -1.89. The third kappa shape index (κ3) is 4.39. The second-order valence-electron chi connectivity index (χ2n) is 6.80. The number of H-pyrrole nitrogens is 1. The monoisotopic (exact) mass is 345 g/mol. The molecule has 1 fully saturated rings. The highest BCUT2D eigenvalue weighted by Gasteiger charge is 2.31. The summed E-state index contributed by atoms with van der Waals surface area (Å²) in [4.78, 5) is 2.26. The molecule has 6 nitrogen and oxygen atoms in total. The zero-order valence-electron chi connectivity index (χ0n) is 14.9. The molecule has 0 unspecified atom stereocenters. The van der Waals surface area contributed by atoms with Crippen molar-refractivity contribution >= 4 is 0 Å². The number of nitrogens with zero attached hydrogens (tertiary/aromatic N) is 2. The van der Waals surface area contributed by atoms with E-state index < -0.39 is 0 Å². The van der Waals surface area contributed by atoms with E-state index in [1.54, 1.807) is 0 Å². The molecule has 2 atom stereocenters. The second kappa shape index (κ2) is 7.99. The van der Waals surface area contributed by atoms with E-state index >= 15 is 0 Å². The lowest BCUT2D eigenvalue weighted by atomic mass is 10.0. The van der Waals surface area contributed by atoms with Gasteiger partial charge in [-0.15, -0.1) is 0 Å². The van der Waals surface area contributed by atoms with Crippen LogP contribution in [0.3, 0.4) is 0 Å². The predicted octanol–water partition coefficient (Wildman–Crippen LogP) is 1.64. The number of β-amino-alcohol motifs (C(OH)–C–C–N with tert-alkyl or cyclic N) is 1. The first-order valence-electron chi connectivity index (χ1n) is 8.85. The minimum atomic E-state index is -0.336. The lowest BCUT2D eigenvalue weighted by Gasteiger charge is -2.17. The molecular weight excluding hydrogens is 318 g/mol. The van der Waals surface area contributed by atoms with Gasteiger partial charge in [-0.25, -0.2) is 0 Å².